The van der Waals surface area contributed by atoms with Crippen LogP contribution in [0.5, 0.6) is 0 Å². The number of amides is 1. The van der Waals surface area contributed by atoms with E-state index in [1.54, 1.807) is 36.6 Å². The average molecular weight is 270 g/mol. The summed E-state index contributed by atoms with van der Waals surface area (Å²) in [4.78, 5) is 22.1. The molecular formula is C15H18N4O. The van der Waals surface area contributed by atoms with E-state index in [1.807, 2.05) is 25.1 Å². The van der Waals surface area contributed by atoms with Crippen LogP contribution in [0.15, 0.2) is 42.9 Å². The number of nitrogens with one attached hydrogen (secondary N) is 1. The Balaban J connectivity index is 2.08. The third-order valence-corrected chi connectivity index (χ3v) is 2.85. The number of carbonyl (C=O) groups excluding carboxylic acids is 1. The molecular weight excluding hydrogens is 252 g/mol. The Kier molecular flexibility index (Phi) is 4.65. The van der Waals surface area contributed by atoms with Gasteiger partial charge in [0.2, 0.25) is 0 Å². The number of hydrogen-bond acceptors (Lipinski definition) is 4. The zero-order chi connectivity index (χ0) is 14.4. The lowest BCUT2D eigenvalue weighted by molar-refractivity contribution is 0.0779. The van der Waals surface area contributed by atoms with Crippen LogP contribution in [0.25, 0.3) is 0 Å². The molecule has 0 fully saturated rings. The fourth-order valence-electron chi connectivity index (χ4n) is 1.89. The molecule has 5 nitrogen and oxygen atoms in total. The molecule has 0 aromatic carbocycles. The zero-order valence-electron chi connectivity index (χ0n) is 11.7. The van der Waals surface area contributed by atoms with Crippen molar-refractivity contribution in [3.63, 3.8) is 0 Å². The molecule has 1 N–H and O–H groups in total. The maximum Gasteiger partial charge on any atom is 0.272 e. The van der Waals surface area contributed by atoms with E-state index < -0.39 is 0 Å². The molecule has 0 aliphatic heterocycles. The van der Waals surface area contributed by atoms with Crippen LogP contribution < -0.4 is 5.32 Å². The van der Waals surface area contributed by atoms with E-state index >= 15 is 0 Å². The van der Waals surface area contributed by atoms with Gasteiger partial charge in [-0.1, -0.05) is 6.07 Å². The standard InChI is InChI=1S/C15H18N4O/c1-3-17-13-6-8-18-14(9-13)15(20)19(2)11-12-5-4-7-16-10-12/h4-10H,3,11H2,1-2H3,(H,17,18). The van der Waals surface area contributed by atoms with Gasteiger partial charge in [0.1, 0.15) is 5.69 Å². The summed E-state index contributed by atoms with van der Waals surface area (Å²) in [6, 6.07) is 7.42. The Morgan fingerprint density at radius 2 is 2.20 bits per heavy atom. The maximum absolute atomic E-state index is 12.3. The highest BCUT2D eigenvalue weighted by molar-refractivity contribution is 5.92. The predicted octanol–water partition coefficient (Wildman–Crippen LogP) is 2.18. The molecule has 0 bridgehead atoms. The van der Waals surface area contributed by atoms with Gasteiger partial charge in [0.05, 0.1) is 0 Å². The number of hydrogen-bond donors (Lipinski definition) is 1. The summed E-state index contributed by atoms with van der Waals surface area (Å²) in [5.41, 5.74) is 2.33. The van der Waals surface area contributed by atoms with Crippen molar-refractivity contribution in [1.82, 2.24) is 14.9 Å². The average Bonchev–Trinajstić information content (AvgIpc) is 2.48. The van der Waals surface area contributed by atoms with E-state index in [9.17, 15) is 4.79 Å². The molecule has 0 saturated heterocycles. The first-order valence-electron chi connectivity index (χ1n) is 6.55. The largest absolute Gasteiger partial charge is 0.385 e. The van der Waals surface area contributed by atoms with E-state index in [1.165, 1.54) is 0 Å². The Labute approximate surface area is 118 Å². The molecule has 5 heteroatoms. The second kappa shape index (κ2) is 6.65. The van der Waals surface area contributed by atoms with Crippen molar-refractivity contribution >= 4 is 11.6 Å². The van der Waals surface area contributed by atoms with Gasteiger partial charge >= 0.3 is 0 Å². The second-order valence-corrected chi connectivity index (χ2v) is 4.48. The number of nitrogens with zero attached hydrogens (tertiary/aromatic N) is 3. The highest BCUT2D eigenvalue weighted by Gasteiger charge is 2.13. The van der Waals surface area contributed by atoms with Gasteiger partial charge in [-0.15, -0.1) is 0 Å². The first-order chi connectivity index (χ1) is 9.70. The van der Waals surface area contributed by atoms with E-state index in [-0.39, 0.29) is 5.91 Å². The third-order valence-electron chi connectivity index (χ3n) is 2.85. The lowest BCUT2D eigenvalue weighted by atomic mass is 10.2. The number of rotatable bonds is 5. The van der Waals surface area contributed by atoms with Gasteiger partial charge < -0.3 is 10.2 Å². The molecule has 2 heterocycles. The number of anilines is 1. The van der Waals surface area contributed by atoms with Crippen LogP contribution in [-0.4, -0.2) is 34.4 Å². The normalized spacial score (nSPS) is 10.1. The Morgan fingerprint density at radius 3 is 2.90 bits per heavy atom. The molecule has 2 aromatic rings. The first kappa shape index (κ1) is 14.0. The minimum atomic E-state index is -0.103. The van der Waals surface area contributed by atoms with E-state index in [0.29, 0.717) is 12.2 Å². The zero-order valence-corrected chi connectivity index (χ0v) is 11.7. The van der Waals surface area contributed by atoms with Crippen LogP contribution in [0.2, 0.25) is 0 Å². The first-order valence-corrected chi connectivity index (χ1v) is 6.55. The van der Waals surface area contributed by atoms with Gasteiger partial charge in [-0.25, -0.2) is 0 Å². The van der Waals surface area contributed by atoms with Crippen LogP contribution in [0.1, 0.15) is 23.0 Å². The molecule has 104 valence electrons. The van der Waals surface area contributed by atoms with Gasteiger partial charge in [0, 0.05) is 44.4 Å². The van der Waals surface area contributed by atoms with Gasteiger partial charge in [-0.05, 0) is 30.7 Å². The molecule has 0 radical (unpaired) electrons. The van der Waals surface area contributed by atoms with Gasteiger partial charge in [-0.3, -0.25) is 14.8 Å². The fraction of sp³-hybridized carbons (Fsp3) is 0.267. The maximum atomic E-state index is 12.3. The number of aromatic nitrogens is 2. The lowest BCUT2D eigenvalue weighted by Crippen LogP contribution is -2.27. The van der Waals surface area contributed by atoms with Crippen LogP contribution >= 0.6 is 0 Å². The molecule has 2 rings (SSSR count). The summed E-state index contributed by atoms with van der Waals surface area (Å²) in [5.74, 6) is -0.103. The monoisotopic (exact) mass is 270 g/mol. The second-order valence-electron chi connectivity index (χ2n) is 4.48. The highest BCUT2D eigenvalue weighted by Crippen LogP contribution is 2.11. The quantitative estimate of drug-likeness (QED) is 0.904. The van der Waals surface area contributed by atoms with E-state index in [0.717, 1.165) is 17.8 Å². The van der Waals surface area contributed by atoms with Gasteiger partial charge in [-0.2, -0.15) is 0 Å². The van der Waals surface area contributed by atoms with E-state index in [2.05, 4.69) is 15.3 Å². The number of carbonyl (C=O) groups is 1. The van der Waals surface area contributed by atoms with Gasteiger partial charge in [0.15, 0.2) is 0 Å². The fourth-order valence-corrected chi connectivity index (χ4v) is 1.89. The highest BCUT2D eigenvalue weighted by atomic mass is 16.2. The Morgan fingerprint density at radius 1 is 1.35 bits per heavy atom. The lowest BCUT2D eigenvalue weighted by Gasteiger charge is -2.17. The van der Waals surface area contributed by atoms with E-state index in [4.69, 9.17) is 0 Å². The minimum Gasteiger partial charge on any atom is -0.385 e. The summed E-state index contributed by atoms with van der Waals surface area (Å²) in [6.07, 6.45) is 5.11. The van der Waals surface area contributed by atoms with Crippen LogP contribution in [0, 0.1) is 0 Å². The minimum absolute atomic E-state index is 0.103. The molecule has 2 aromatic heterocycles. The van der Waals surface area contributed by atoms with Crippen molar-refractivity contribution in [2.75, 3.05) is 18.9 Å². The molecule has 0 aliphatic rings. The molecule has 1 amide bonds. The Hall–Kier alpha value is -2.43. The van der Waals surface area contributed by atoms with Crippen molar-refractivity contribution in [3.8, 4) is 0 Å². The van der Waals surface area contributed by atoms with Crippen molar-refractivity contribution < 1.29 is 4.79 Å². The van der Waals surface area contributed by atoms with Crippen LogP contribution in [0.3, 0.4) is 0 Å². The van der Waals surface area contributed by atoms with Crippen molar-refractivity contribution in [2.45, 2.75) is 13.5 Å². The molecule has 0 saturated carbocycles. The molecule has 0 aliphatic carbocycles. The summed E-state index contributed by atoms with van der Waals surface area (Å²) >= 11 is 0. The number of pyridine rings is 2. The molecule has 0 unspecified atom stereocenters. The smallest absolute Gasteiger partial charge is 0.272 e. The van der Waals surface area contributed by atoms with Crippen molar-refractivity contribution in [2.24, 2.45) is 0 Å². The van der Waals surface area contributed by atoms with Crippen LogP contribution in [-0.2, 0) is 6.54 Å². The SMILES string of the molecule is CCNc1ccnc(C(=O)N(C)Cc2cccnc2)c1. The summed E-state index contributed by atoms with van der Waals surface area (Å²) < 4.78 is 0. The topological polar surface area (TPSA) is 58.1 Å². The van der Waals surface area contributed by atoms with Gasteiger partial charge in [0.25, 0.3) is 5.91 Å². The molecule has 20 heavy (non-hydrogen) atoms. The van der Waals surface area contributed by atoms with Crippen molar-refractivity contribution in [1.29, 1.82) is 0 Å². The van der Waals surface area contributed by atoms with Crippen LogP contribution in [0.4, 0.5) is 5.69 Å². The molecule has 0 atom stereocenters. The molecule has 0 spiro atoms. The third kappa shape index (κ3) is 3.54. The summed E-state index contributed by atoms with van der Waals surface area (Å²) in [6.45, 7) is 3.33. The predicted molar refractivity (Wildman–Crippen MR) is 78.4 cm³/mol. The Bertz CT molecular complexity index is 571. The van der Waals surface area contributed by atoms with Crippen molar-refractivity contribution in [3.05, 3.63) is 54.1 Å². The summed E-state index contributed by atoms with van der Waals surface area (Å²) in [7, 11) is 1.76. The summed E-state index contributed by atoms with van der Waals surface area (Å²) in [5, 5.41) is 3.17.